The van der Waals surface area contributed by atoms with Crippen molar-refractivity contribution >= 4 is 17.4 Å². The Labute approximate surface area is 77.1 Å². The van der Waals surface area contributed by atoms with Crippen molar-refractivity contribution in [3.8, 4) is 0 Å². The molecule has 3 nitrogen and oxygen atoms in total. The molecule has 0 saturated carbocycles. The van der Waals surface area contributed by atoms with Gasteiger partial charge in [0.25, 0.3) is 0 Å². The molecular weight excluding hydrogens is 174 g/mol. The van der Waals surface area contributed by atoms with E-state index in [0.717, 1.165) is 12.4 Å². The number of likely N-dealkylation sites (N-methyl/N-ethyl adjacent to an activating group) is 1. The molecule has 0 unspecified atom stereocenters. The lowest BCUT2D eigenvalue weighted by Crippen LogP contribution is -2.25. The summed E-state index contributed by atoms with van der Waals surface area (Å²) in [4.78, 5) is 6.12. The molecule has 12 heavy (non-hydrogen) atoms. The van der Waals surface area contributed by atoms with Crippen molar-refractivity contribution < 1.29 is 0 Å². The molecule has 1 aromatic rings. The maximum Gasteiger partial charge on any atom is 0.128 e. The minimum atomic E-state index is 0.626. The minimum absolute atomic E-state index is 0.626. The molecule has 0 saturated heterocycles. The van der Waals surface area contributed by atoms with Gasteiger partial charge in [0, 0.05) is 26.3 Å². The third-order valence-electron chi connectivity index (χ3n) is 1.57. The van der Waals surface area contributed by atoms with Crippen molar-refractivity contribution in [3.63, 3.8) is 0 Å². The van der Waals surface area contributed by atoms with Gasteiger partial charge in [-0.25, -0.2) is 4.98 Å². The topological polar surface area (TPSA) is 42.1 Å². The van der Waals surface area contributed by atoms with E-state index in [1.54, 1.807) is 6.20 Å². The number of hydrogen-bond acceptors (Lipinski definition) is 3. The predicted molar refractivity (Wildman–Crippen MR) is 51.6 cm³/mol. The Morgan fingerprint density at radius 1 is 1.58 bits per heavy atom. The summed E-state index contributed by atoms with van der Waals surface area (Å²) in [7, 11) is 1.95. The van der Waals surface area contributed by atoms with Gasteiger partial charge in [-0.3, -0.25) is 0 Å². The molecule has 2 N–H and O–H groups in total. The molecule has 66 valence electrons. The van der Waals surface area contributed by atoms with Crippen LogP contribution >= 0.6 is 11.6 Å². The fourth-order valence-corrected chi connectivity index (χ4v) is 1.01. The van der Waals surface area contributed by atoms with Crippen molar-refractivity contribution in [1.82, 2.24) is 4.98 Å². The molecule has 1 heterocycles. The maximum absolute atomic E-state index is 5.69. The Morgan fingerprint density at radius 2 is 2.33 bits per heavy atom. The van der Waals surface area contributed by atoms with Crippen LogP contribution in [0.3, 0.4) is 0 Å². The van der Waals surface area contributed by atoms with Crippen LogP contribution in [0.5, 0.6) is 0 Å². The van der Waals surface area contributed by atoms with Crippen LogP contribution in [-0.2, 0) is 0 Å². The lowest BCUT2D eigenvalue weighted by molar-refractivity contribution is 0.869. The molecule has 0 aliphatic heterocycles. The summed E-state index contributed by atoms with van der Waals surface area (Å²) >= 11 is 5.69. The van der Waals surface area contributed by atoms with Crippen LogP contribution in [0, 0.1) is 0 Å². The maximum atomic E-state index is 5.69. The Kier molecular flexibility index (Phi) is 3.31. The molecule has 0 bridgehead atoms. The molecule has 0 aliphatic carbocycles. The van der Waals surface area contributed by atoms with E-state index in [9.17, 15) is 0 Å². The van der Waals surface area contributed by atoms with Crippen LogP contribution in [0.4, 0.5) is 5.82 Å². The van der Waals surface area contributed by atoms with Gasteiger partial charge in [-0.1, -0.05) is 11.6 Å². The Bertz CT molecular complexity index is 235. The first-order chi connectivity index (χ1) is 5.74. The monoisotopic (exact) mass is 185 g/mol. The highest BCUT2D eigenvalue weighted by molar-refractivity contribution is 6.30. The van der Waals surface area contributed by atoms with Crippen LogP contribution < -0.4 is 10.6 Å². The average molecular weight is 186 g/mol. The third kappa shape index (κ3) is 2.36. The van der Waals surface area contributed by atoms with Gasteiger partial charge < -0.3 is 10.6 Å². The molecule has 4 heteroatoms. The summed E-state index contributed by atoms with van der Waals surface area (Å²) < 4.78 is 0. The zero-order chi connectivity index (χ0) is 8.97. The molecular formula is C8H12ClN3. The van der Waals surface area contributed by atoms with Crippen LogP contribution in [0.1, 0.15) is 0 Å². The number of anilines is 1. The van der Waals surface area contributed by atoms with Crippen molar-refractivity contribution in [1.29, 1.82) is 0 Å². The fourth-order valence-electron chi connectivity index (χ4n) is 0.902. The highest BCUT2D eigenvalue weighted by atomic mass is 35.5. The fraction of sp³-hybridized carbons (Fsp3) is 0.375. The van der Waals surface area contributed by atoms with Crippen molar-refractivity contribution in [2.45, 2.75) is 0 Å². The zero-order valence-electron chi connectivity index (χ0n) is 7.00. The number of rotatable bonds is 3. The van der Waals surface area contributed by atoms with Gasteiger partial charge in [-0.2, -0.15) is 0 Å². The van der Waals surface area contributed by atoms with Crippen LogP contribution in [0.25, 0.3) is 0 Å². The number of hydrogen-bond donors (Lipinski definition) is 1. The Morgan fingerprint density at radius 3 is 2.83 bits per heavy atom. The summed E-state index contributed by atoms with van der Waals surface area (Å²) in [5.74, 6) is 0.893. The van der Waals surface area contributed by atoms with E-state index in [2.05, 4.69) is 4.98 Å². The normalized spacial score (nSPS) is 9.92. The molecule has 0 fully saturated rings. The highest BCUT2D eigenvalue weighted by Gasteiger charge is 1.99. The van der Waals surface area contributed by atoms with Crippen LogP contribution in [0.15, 0.2) is 18.3 Å². The molecule has 0 aromatic carbocycles. The molecule has 1 aromatic heterocycles. The predicted octanol–water partition coefficient (Wildman–Crippen LogP) is 1.13. The number of halogens is 1. The van der Waals surface area contributed by atoms with Gasteiger partial charge in [0.2, 0.25) is 0 Å². The van der Waals surface area contributed by atoms with E-state index in [1.165, 1.54) is 0 Å². The number of nitrogens with zero attached hydrogens (tertiary/aromatic N) is 2. The molecule has 1 rings (SSSR count). The van der Waals surface area contributed by atoms with E-state index >= 15 is 0 Å². The average Bonchev–Trinajstić information content (AvgIpc) is 2.06. The van der Waals surface area contributed by atoms with E-state index in [4.69, 9.17) is 17.3 Å². The van der Waals surface area contributed by atoms with Gasteiger partial charge in [0.05, 0.1) is 5.02 Å². The lowest BCUT2D eigenvalue weighted by atomic mass is 10.4. The largest absolute Gasteiger partial charge is 0.358 e. The van der Waals surface area contributed by atoms with Gasteiger partial charge in [0.15, 0.2) is 0 Å². The quantitative estimate of drug-likeness (QED) is 0.768. The van der Waals surface area contributed by atoms with Gasteiger partial charge in [-0.15, -0.1) is 0 Å². The Balaban J connectivity index is 2.68. The molecule has 0 amide bonds. The number of pyridine rings is 1. The smallest absolute Gasteiger partial charge is 0.128 e. The number of nitrogens with two attached hydrogens (primary N) is 1. The second-order valence-corrected chi connectivity index (χ2v) is 2.98. The summed E-state index contributed by atoms with van der Waals surface area (Å²) in [5, 5.41) is 0.653. The van der Waals surface area contributed by atoms with E-state index < -0.39 is 0 Å². The van der Waals surface area contributed by atoms with E-state index in [-0.39, 0.29) is 0 Å². The summed E-state index contributed by atoms with van der Waals surface area (Å²) in [6, 6.07) is 3.69. The van der Waals surface area contributed by atoms with Gasteiger partial charge in [0.1, 0.15) is 5.82 Å². The second kappa shape index (κ2) is 4.28. The molecule has 0 aliphatic rings. The minimum Gasteiger partial charge on any atom is -0.358 e. The first-order valence-corrected chi connectivity index (χ1v) is 4.14. The van der Waals surface area contributed by atoms with E-state index in [1.807, 2.05) is 24.1 Å². The second-order valence-electron chi connectivity index (χ2n) is 2.54. The highest BCUT2D eigenvalue weighted by Crippen LogP contribution is 2.11. The first-order valence-electron chi connectivity index (χ1n) is 3.77. The third-order valence-corrected chi connectivity index (χ3v) is 1.79. The first kappa shape index (κ1) is 9.29. The molecule has 0 radical (unpaired) electrons. The van der Waals surface area contributed by atoms with Crippen LogP contribution in [-0.4, -0.2) is 25.1 Å². The summed E-state index contributed by atoms with van der Waals surface area (Å²) in [6.45, 7) is 1.43. The van der Waals surface area contributed by atoms with Crippen LogP contribution in [0.2, 0.25) is 5.02 Å². The number of aromatic nitrogens is 1. The van der Waals surface area contributed by atoms with Crippen molar-refractivity contribution in [3.05, 3.63) is 23.4 Å². The van der Waals surface area contributed by atoms with Gasteiger partial charge >= 0.3 is 0 Å². The molecule has 0 atom stereocenters. The summed E-state index contributed by atoms with van der Waals surface area (Å²) in [5.41, 5.74) is 5.40. The zero-order valence-corrected chi connectivity index (χ0v) is 7.75. The molecule has 0 spiro atoms. The standard InChI is InChI=1S/C8H12ClN3/c1-12(5-4-10)8-3-2-7(9)6-11-8/h2-3,6H,4-5,10H2,1H3. The van der Waals surface area contributed by atoms with Gasteiger partial charge in [-0.05, 0) is 12.1 Å². The SMILES string of the molecule is CN(CCN)c1ccc(Cl)cn1. The summed E-state index contributed by atoms with van der Waals surface area (Å²) in [6.07, 6.45) is 1.63. The Hall–Kier alpha value is -0.800. The van der Waals surface area contributed by atoms with Crippen molar-refractivity contribution in [2.24, 2.45) is 5.73 Å². The van der Waals surface area contributed by atoms with E-state index in [0.29, 0.717) is 11.6 Å². The van der Waals surface area contributed by atoms with Crippen molar-refractivity contribution in [2.75, 3.05) is 25.0 Å². The lowest BCUT2D eigenvalue weighted by Gasteiger charge is -2.16.